The highest BCUT2D eigenvalue weighted by atomic mass is 16.5. The Morgan fingerprint density at radius 3 is 2.21 bits per heavy atom. The zero-order chi connectivity index (χ0) is 23.6. The smallest absolute Gasteiger partial charge is 0.234 e. The summed E-state index contributed by atoms with van der Waals surface area (Å²) >= 11 is 0. The lowest BCUT2D eigenvalue weighted by Crippen LogP contribution is -2.57. The van der Waals surface area contributed by atoms with Gasteiger partial charge in [0.25, 0.3) is 0 Å². The van der Waals surface area contributed by atoms with Crippen LogP contribution in [0.3, 0.4) is 0 Å². The molecule has 0 aliphatic carbocycles. The Labute approximate surface area is 196 Å². The Morgan fingerprint density at radius 2 is 1.64 bits per heavy atom. The van der Waals surface area contributed by atoms with Crippen LogP contribution in [0.2, 0.25) is 0 Å². The second kappa shape index (κ2) is 9.56. The molecular formula is C27H34N2O4. The van der Waals surface area contributed by atoms with Gasteiger partial charge in [-0.3, -0.25) is 9.59 Å². The topological polar surface area (TPSA) is 59.1 Å². The molecule has 1 atom stereocenters. The molecule has 0 spiro atoms. The lowest BCUT2D eigenvalue weighted by molar-refractivity contribution is -0.150. The van der Waals surface area contributed by atoms with Gasteiger partial charge in [0, 0.05) is 39.8 Å². The van der Waals surface area contributed by atoms with Crippen molar-refractivity contribution in [2.45, 2.75) is 45.1 Å². The van der Waals surface area contributed by atoms with Gasteiger partial charge in [-0.15, -0.1) is 0 Å². The van der Waals surface area contributed by atoms with Crippen molar-refractivity contribution in [3.8, 4) is 5.75 Å². The van der Waals surface area contributed by atoms with Crippen LogP contribution in [0.5, 0.6) is 5.75 Å². The fraction of sp³-hybridized carbons (Fsp3) is 0.481. The van der Waals surface area contributed by atoms with Gasteiger partial charge in [-0.05, 0) is 49.9 Å². The average molecular weight is 451 g/mol. The minimum Gasteiger partial charge on any atom is -0.497 e. The summed E-state index contributed by atoms with van der Waals surface area (Å²) in [5.41, 5.74) is 3.81. The molecule has 6 heteroatoms. The van der Waals surface area contributed by atoms with E-state index >= 15 is 0 Å². The van der Waals surface area contributed by atoms with Crippen molar-refractivity contribution < 1.29 is 19.1 Å². The highest BCUT2D eigenvalue weighted by molar-refractivity contribution is 5.89. The van der Waals surface area contributed by atoms with Crippen molar-refractivity contribution >= 4 is 11.8 Å². The van der Waals surface area contributed by atoms with Gasteiger partial charge >= 0.3 is 0 Å². The first-order valence-electron chi connectivity index (χ1n) is 11.7. The maximum absolute atomic E-state index is 14.4. The predicted octanol–water partition coefficient (Wildman–Crippen LogP) is 3.79. The number of hydrogen-bond acceptors (Lipinski definition) is 4. The van der Waals surface area contributed by atoms with Gasteiger partial charge in [-0.25, -0.2) is 0 Å². The van der Waals surface area contributed by atoms with Gasteiger partial charge in [0.05, 0.1) is 18.6 Å². The second-order valence-corrected chi connectivity index (χ2v) is 9.32. The number of ether oxygens (including phenoxy) is 2. The number of rotatable bonds is 4. The molecule has 2 heterocycles. The SMILES string of the molecule is COc1ccc([C@H]2CN(C(C)=O)CCN2C(=O)C2(c3cc(C)cc(C)c3)CCOCC2)cc1. The highest BCUT2D eigenvalue weighted by Crippen LogP contribution is 2.40. The monoisotopic (exact) mass is 450 g/mol. The fourth-order valence-corrected chi connectivity index (χ4v) is 5.30. The molecule has 0 bridgehead atoms. The molecular weight excluding hydrogens is 416 g/mol. The van der Waals surface area contributed by atoms with Crippen molar-refractivity contribution in [1.29, 1.82) is 0 Å². The summed E-state index contributed by atoms with van der Waals surface area (Å²) in [7, 11) is 1.64. The van der Waals surface area contributed by atoms with Crippen LogP contribution in [0.1, 0.15) is 48.1 Å². The largest absolute Gasteiger partial charge is 0.497 e. The van der Waals surface area contributed by atoms with E-state index in [0.717, 1.165) is 28.0 Å². The van der Waals surface area contributed by atoms with Crippen LogP contribution in [-0.4, -0.2) is 61.6 Å². The van der Waals surface area contributed by atoms with Crippen LogP contribution in [-0.2, 0) is 19.7 Å². The predicted molar refractivity (Wildman–Crippen MR) is 127 cm³/mol. The third-order valence-electron chi connectivity index (χ3n) is 7.12. The Morgan fingerprint density at radius 1 is 1.00 bits per heavy atom. The molecule has 2 aliphatic rings. The molecule has 0 aromatic heterocycles. The Bertz CT molecular complexity index is 991. The molecule has 0 N–H and O–H groups in total. The fourth-order valence-electron chi connectivity index (χ4n) is 5.30. The summed E-state index contributed by atoms with van der Waals surface area (Å²) in [6.07, 6.45) is 1.33. The molecule has 176 valence electrons. The molecule has 0 saturated carbocycles. The number of piperazine rings is 1. The van der Waals surface area contributed by atoms with Gasteiger partial charge in [0.1, 0.15) is 5.75 Å². The summed E-state index contributed by atoms with van der Waals surface area (Å²) in [6, 6.07) is 14.1. The van der Waals surface area contributed by atoms with Crippen molar-refractivity contribution in [1.82, 2.24) is 9.80 Å². The molecule has 33 heavy (non-hydrogen) atoms. The minimum absolute atomic E-state index is 0.0377. The molecule has 2 amide bonds. The summed E-state index contributed by atoms with van der Waals surface area (Å²) in [6.45, 7) is 8.46. The van der Waals surface area contributed by atoms with Crippen LogP contribution in [0, 0.1) is 13.8 Å². The van der Waals surface area contributed by atoms with Crippen LogP contribution in [0.4, 0.5) is 0 Å². The van der Waals surface area contributed by atoms with E-state index in [1.54, 1.807) is 14.0 Å². The summed E-state index contributed by atoms with van der Waals surface area (Å²) < 4.78 is 11.0. The Hall–Kier alpha value is -2.86. The molecule has 6 nitrogen and oxygen atoms in total. The highest BCUT2D eigenvalue weighted by Gasteiger charge is 2.47. The number of carbonyl (C=O) groups excluding carboxylic acids is 2. The lowest BCUT2D eigenvalue weighted by atomic mass is 9.71. The molecule has 0 unspecified atom stereocenters. The first-order chi connectivity index (χ1) is 15.8. The van der Waals surface area contributed by atoms with E-state index in [-0.39, 0.29) is 17.9 Å². The van der Waals surface area contributed by atoms with E-state index in [0.29, 0.717) is 45.7 Å². The number of amides is 2. The first kappa shape index (κ1) is 23.3. The molecule has 2 fully saturated rings. The molecule has 4 rings (SSSR count). The van der Waals surface area contributed by atoms with Crippen molar-refractivity contribution in [3.05, 3.63) is 64.7 Å². The average Bonchev–Trinajstić information content (AvgIpc) is 2.83. The second-order valence-electron chi connectivity index (χ2n) is 9.32. The summed E-state index contributed by atoms with van der Waals surface area (Å²) in [5, 5.41) is 0. The number of aryl methyl sites for hydroxylation is 2. The summed E-state index contributed by atoms with van der Waals surface area (Å²) in [4.78, 5) is 30.5. The quantitative estimate of drug-likeness (QED) is 0.711. The molecule has 0 radical (unpaired) electrons. The van der Waals surface area contributed by atoms with Gasteiger partial charge in [0.15, 0.2) is 0 Å². The zero-order valence-electron chi connectivity index (χ0n) is 20.1. The minimum atomic E-state index is -0.613. The van der Waals surface area contributed by atoms with Crippen LogP contribution < -0.4 is 4.74 Å². The maximum atomic E-state index is 14.4. The number of benzene rings is 2. The maximum Gasteiger partial charge on any atom is 0.234 e. The normalized spacial score (nSPS) is 20.4. The number of hydrogen-bond donors (Lipinski definition) is 0. The number of nitrogens with zero attached hydrogens (tertiary/aromatic N) is 2. The molecule has 2 aliphatic heterocycles. The van der Waals surface area contributed by atoms with E-state index in [9.17, 15) is 9.59 Å². The number of carbonyl (C=O) groups is 2. The van der Waals surface area contributed by atoms with Crippen LogP contribution >= 0.6 is 0 Å². The standard InChI is InChI=1S/C27H34N2O4/c1-19-15-20(2)17-23(16-19)27(9-13-33-14-10-27)26(31)29-12-11-28(21(3)30)18-25(29)22-5-7-24(32-4)8-6-22/h5-8,15-17,25H,9-14,18H2,1-4H3/t25-/m1/s1. The summed E-state index contributed by atoms with van der Waals surface area (Å²) in [5.74, 6) is 0.947. The van der Waals surface area contributed by atoms with Crippen LogP contribution in [0.15, 0.2) is 42.5 Å². The third-order valence-corrected chi connectivity index (χ3v) is 7.12. The van der Waals surface area contributed by atoms with Crippen molar-refractivity contribution in [2.24, 2.45) is 0 Å². The lowest BCUT2D eigenvalue weighted by Gasteiger charge is -2.47. The van der Waals surface area contributed by atoms with Crippen molar-refractivity contribution in [2.75, 3.05) is 40.0 Å². The van der Waals surface area contributed by atoms with E-state index < -0.39 is 5.41 Å². The third kappa shape index (κ3) is 4.62. The molecule has 2 saturated heterocycles. The van der Waals surface area contributed by atoms with Crippen LogP contribution in [0.25, 0.3) is 0 Å². The zero-order valence-corrected chi connectivity index (χ0v) is 20.1. The van der Waals surface area contributed by atoms with Gasteiger partial charge in [-0.2, -0.15) is 0 Å². The molecule has 2 aromatic carbocycles. The van der Waals surface area contributed by atoms with Gasteiger partial charge < -0.3 is 19.3 Å². The number of methoxy groups -OCH3 is 1. The van der Waals surface area contributed by atoms with Crippen molar-refractivity contribution in [3.63, 3.8) is 0 Å². The first-order valence-corrected chi connectivity index (χ1v) is 11.7. The Kier molecular flexibility index (Phi) is 6.75. The van der Waals surface area contributed by atoms with Gasteiger partial charge in [-0.1, -0.05) is 41.5 Å². The van der Waals surface area contributed by atoms with E-state index in [1.807, 2.05) is 34.1 Å². The van der Waals surface area contributed by atoms with Gasteiger partial charge in [0.2, 0.25) is 11.8 Å². The molecule has 2 aromatic rings. The van der Waals surface area contributed by atoms with E-state index in [2.05, 4.69) is 32.0 Å². The van der Waals surface area contributed by atoms with E-state index in [4.69, 9.17) is 9.47 Å². The van der Waals surface area contributed by atoms with E-state index in [1.165, 1.54) is 0 Å². The Balaban J connectivity index is 1.75.